The SMILES string of the molecule is CC1(C)CC(NC(=O)CCn2cnc3ccccc3c2=O)c2ccc(F)cc2O1. The van der Waals surface area contributed by atoms with Crippen molar-refractivity contribution in [3.63, 3.8) is 0 Å². The summed E-state index contributed by atoms with van der Waals surface area (Å²) in [5.41, 5.74) is 0.685. The first-order chi connectivity index (χ1) is 13.8. The minimum absolute atomic E-state index is 0.133. The van der Waals surface area contributed by atoms with Crippen LogP contribution < -0.4 is 15.6 Å². The molecule has 1 atom stereocenters. The van der Waals surface area contributed by atoms with Crippen molar-refractivity contribution in [1.29, 1.82) is 0 Å². The highest BCUT2D eigenvalue weighted by molar-refractivity contribution is 5.78. The van der Waals surface area contributed by atoms with E-state index in [1.165, 1.54) is 23.0 Å². The van der Waals surface area contributed by atoms with E-state index in [1.54, 1.807) is 24.3 Å². The smallest absolute Gasteiger partial charge is 0.261 e. The molecule has 1 aliphatic heterocycles. The number of carbonyl (C=O) groups excluding carboxylic acids is 1. The van der Waals surface area contributed by atoms with E-state index in [9.17, 15) is 14.0 Å². The minimum Gasteiger partial charge on any atom is -0.487 e. The third-order valence-corrected chi connectivity index (χ3v) is 5.08. The summed E-state index contributed by atoms with van der Waals surface area (Å²) in [5.74, 6) is -0.126. The van der Waals surface area contributed by atoms with Crippen molar-refractivity contribution in [1.82, 2.24) is 14.9 Å². The quantitative estimate of drug-likeness (QED) is 0.735. The van der Waals surface area contributed by atoms with Gasteiger partial charge in [0.05, 0.1) is 23.3 Å². The number of benzene rings is 2. The van der Waals surface area contributed by atoms with Crippen LogP contribution in [-0.2, 0) is 11.3 Å². The van der Waals surface area contributed by atoms with Gasteiger partial charge in [-0.2, -0.15) is 0 Å². The number of halogens is 1. The average molecular weight is 395 g/mol. The van der Waals surface area contributed by atoms with Crippen LogP contribution in [0.5, 0.6) is 5.75 Å². The first-order valence-corrected chi connectivity index (χ1v) is 9.54. The molecule has 0 aliphatic carbocycles. The maximum Gasteiger partial charge on any atom is 0.261 e. The highest BCUT2D eigenvalue weighted by Gasteiger charge is 2.34. The van der Waals surface area contributed by atoms with Gasteiger partial charge in [-0.05, 0) is 32.0 Å². The van der Waals surface area contributed by atoms with Crippen LogP contribution in [0.3, 0.4) is 0 Å². The van der Waals surface area contributed by atoms with Crippen LogP contribution in [0, 0.1) is 5.82 Å². The largest absolute Gasteiger partial charge is 0.487 e. The predicted octanol–water partition coefficient (Wildman–Crippen LogP) is 3.34. The fourth-order valence-electron chi connectivity index (χ4n) is 3.71. The lowest BCUT2D eigenvalue weighted by molar-refractivity contribution is -0.122. The first kappa shape index (κ1) is 19.1. The number of nitrogens with one attached hydrogen (secondary N) is 1. The Labute approximate surface area is 167 Å². The van der Waals surface area contributed by atoms with E-state index in [0.717, 1.165) is 5.56 Å². The van der Waals surface area contributed by atoms with Crippen molar-refractivity contribution in [2.24, 2.45) is 0 Å². The number of nitrogens with zero attached hydrogens (tertiary/aromatic N) is 2. The molecule has 29 heavy (non-hydrogen) atoms. The first-order valence-electron chi connectivity index (χ1n) is 9.54. The van der Waals surface area contributed by atoms with E-state index in [2.05, 4.69) is 10.3 Å². The monoisotopic (exact) mass is 395 g/mol. The van der Waals surface area contributed by atoms with Crippen LogP contribution in [0.4, 0.5) is 4.39 Å². The molecule has 4 rings (SSSR count). The van der Waals surface area contributed by atoms with Crippen molar-refractivity contribution in [3.05, 3.63) is 70.5 Å². The van der Waals surface area contributed by atoms with Gasteiger partial charge >= 0.3 is 0 Å². The Kier molecular flexibility index (Phi) is 4.82. The molecule has 2 heterocycles. The molecule has 0 saturated heterocycles. The molecule has 1 unspecified atom stereocenters. The molecular weight excluding hydrogens is 373 g/mol. The third-order valence-electron chi connectivity index (χ3n) is 5.08. The maximum atomic E-state index is 13.6. The van der Waals surface area contributed by atoms with Gasteiger partial charge in [-0.1, -0.05) is 18.2 Å². The van der Waals surface area contributed by atoms with Gasteiger partial charge in [-0.3, -0.25) is 14.2 Å². The topological polar surface area (TPSA) is 73.2 Å². The Bertz CT molecular complexity index is 1140. The van der Waals surface area contributed by atoms with Crippen molar-refractivity contribution < 1.29 is 13.9 Å². The lowest BCUT2D eigenvalue weighted by Crippen LogP contribution is -2.41. The maximum absolute atomic E-state index is 13.6. The van der Waals surface area contributed by atoms with Gasteiger partial charge in [0.2, 0.25) is 5.91 Å². The summed E-state index contributed by atoms with van der Waals surface area (Å²) in [6.07, 6.45) is 2.16. The normalized spacial score (nSPS) is 17.4. The summed E-state index contributed by atoms with van der Waals surface area (Å²) in [6, 6.07) is 11.2. The van der Waals surface area contributed by atoms with Crippen molar-refractivity contribution >= 4 is 16.8 Å². The Balaban J connectivity index is 1.48. The van der Waals surface area contributed by atoms with E-state index < -0.39 is 5.60 Å². The number of aromatic nitrogens is 2. The Morgan fingerprint density at radius 1 is 1.31 bits per heavy atom. The predicted molar refractivity (Wildman–Crippen MR) is 107 cm³/mol. The Morgan fingerprint density at radius 3 is 2.93 bits per heavy atom. The number of hydrogen-bond acceptors (Lipinski definition) is 4. The number of fused-ring (bicyclic) bond motifs is 2. The molecule has 0 saturated carbocycles. The summed E-state index contributed by atoms with van der Waals surface area (Å²) in [7, 11) is 0. The van der Waals surface area contributed by atoms with Crippen LogP contribution in [-0.4, -0.2) is 21.1 Å². The zero-order chi connectivity index (χ0) is 20.6. The summed E-state index contributed by atoms with van der Waals surface area (Å²) >= 11 is 0. The van der Waals surface area contributed by atoms with Gasteiger partial charge in [0.15, 0.2) is 0 Å². The number of ether oxygens (including phenoxy) is 1. The highest BCUT2D eigenvalue weighted by atomic mass is 19.1. The van der Waals surface area contributed by atoms with E-state index >= 15 is 0 Å². The minimum atomic E-state index is -0.530. The fraction of sp³-hybridized carbons (Fsp3) is 0.318. The van der Waals surface area contributed by atoms with Crippen LogP contribution in [0.25, 0.3) is 10.9 Å². The highest BCUT2D eigenvalue weighted by Crippen LogP contribution is 2.39. The molecule has 1 aliphatic rings. The van der Waals surface area contributed by atoms with Gasteiger partial charge in [0.1, 0.15) is 17.2 Å². The molecule has 7 heteroatoms. The average Bonchev–Trinajstić information content (AvgIpc) is 2.66. The second kappa shape index (κ2) is 7.31. The van der Waals surface area contributed by atoms with E-state index in [-0.39, 0.29) is 36.3 Å². The van der Waals surface area contributed by atoms with Gasteiger partial charge in [-0.15, -0.1) is 0 Å². The van der Waals surface area contributed by atoms with Crippen molar-refractivity contribution in [3.8, 4) is 5.75 Å². The zero-order valence-electron chi connectivity index (χ0n) is 16.3. The number of hydrogen-bond donors (Lipinski definition) is 1. The van der Waals surface area contributed by atoms with Gasteiger partial charge < -0.3 is 10.1 Å². The molecule has 1 amide bonds. The second-order valence-electron chi connectivity index (χ2n) is 7.88. The Hall–Kier alpha value is -3.22. The number of carbonyl (C=O) groups is 1. The second-order valence-corrected chi connectivity index (χ2v) is 7.88. The molecule has 3 aromatic rings. The molecule has 1 aromatic heterocycles. The summed E-state index contributed by atoms with van der Waals surface area (Å²) in [5, 5.41) is 3.53. The van der Waals surface area contributed by atoms with Crippen molar-refractivity contribution in [2.45, 2.75) is 44.9 Å². The number of para-hydroxylation sites is 1. The van der Waals surface area contributed by atoms with Crippen molar-refractivity contribution in [2.75, 3.05) is 0 Å². The number of amides is 1. The van der Waals surface area contributed by atoms with Crippen LogP contribution in [0.2, 0.25) is 0 Å². The Morgan fingerprint density at radius 2 is 2.10 bits per heavy atom. The molecular formula is C22H22FN3O3. The molecule has 1 N–H and O–H groups in total. The van der Waals surface area contributed by atoms with Crippen LogP contribution in [0.15, 0.2) is 53.6 Å². The summed E-state index contributed by atoms with van der Waals surface area (Å²) in [6.45, 7) is 4.03. The molecule has 0 fully saturated rings. The lowest BCUT2D eigenvalue weighted by Gasteiger charge is -2.38. The molecule has 0 spiro atoms. The van der Waals surface area contributed by atoms with Crippen LogP contribution in [0.1, 0.15) is 38.3 Å². The fourth-order valence-corrected chi connectivity index (χ4v) is 3.71. The third kappa shape index (κ3) is 3.99. The lowest BCUT2D eigenvalue weighted by atomic mass is 9.89. The number of aryl methyl sites for hydroxylation is 1. The molecule has 0 radical (unpaired) electrons. The van der Waals surface area contributed by atoms with E-state index in [0.29, 0.717) is 23.1 Å². The van der Waals surface area contributed by atoms with E-state index in [1.807, 2.05) is 19.9 Å². The molecule has 0 bridgehead atoms. The standard InChI is InChI=1S/C22H22FN3O3/c1-22(2)12-18(15-8-7-14(23)11-19(15)29-22)25-20(27)9-10-26-13-24-17-6-4-3-5-16(17)21(26)28/h3-8,11,13,18H,9-10,12H2,1-2H3,(H,25,27). The van der Waals surface area contributed by atoms with Gasteiger partial charge in [0.25, 0.3) is 5.56 Å². The van der Waals surface area contributed by atoms with Crippen LogP contribution >= 0.6 is 0 Å². The molecule has 150 valence electrons. The van der Waals surface area contributed by atoms with E-state index in [4.69, 9.17) is 4.74 Å². The summed E-state index contributed by atoms with van der Waals surface area (Å²) < 4.78 is 20.9. The van der Waals surface area contributed by atoms with Gasteiger partial charge in [-0.25, -0.2) is 9.37 Å². The zero-order valence-corrected chi connectivity index (χ0v) is 16.3. The molecule has 6 nitrogen and oxygen atoms in total. The van der Waals surface area contributed by atoms with Gasteiger partial charge in [0, 0.05) is 31.0 Å². The molecule has 2 aromatic carbocycles. The number of rotatable bonds is 4. The summed E-state index contributed by atoms with van der Waals surface area (Å²) in [4.78, 5) is 29.4.